The van der Waals surface area contributed by atoms with E-state index < -0.39 is 11.7 Å². The van der Waals surface area contributed by atoms with Crippen molar-refractivity contribution >= 4 is 35.0 Å². The Kier molecular flexibility index (Phi) is 8.12. The van der Waals surface area contributed by atoms with Crippen molar-refractivity contribution in [3.63, 3.8) is 0 Å². The molecule has 0 aromatic heterocycles. The molecule has 1 amide bonds. The van der Waals surface area contributed by atoms with E-state index in [-0.39, 0.29) is 17.6 Å². The number of piperazine rings is 1. The van der Waals surface area contributed by atoms with E-state index in [9.17, 15) is 22.8 Å². The van der Waals surface area contributed by atoms with Gasteiger partial charge in [0.2, 0.25) is 0 Å². The Balaban J connectivity index is 1.60. The smallest absolute Gasteiger partial charge is 0.416 e. The number of amides is 1. The summed E-state index contributed by atoms with van der Waals surface area (Å²) in [5.41, 5.74) is 1.31. The molecule has 6 nitrogen and oxygen atoms in total. The average Bonchev–Trinajstić information content (AvgIpc) is 2.82. The molecule has 0 saturated carbocycles. The lowest BCUT2D eigenvalue weighted by atomic mass is 10.1. The standard InChI is InChI=1S/C23H26F3N3O3S/c1-3-32-21(30)15-33-20-9-4-16(14-19(20)27-2)22(31)29-12-10-28(11-13-29)18-7-5-17(6-8-18)23(24,25)26/h4-9,14,27H,3,10-13,15H2,1-2H3. The van der Waals surface area contributed by atoms with Crippen LogP contribution < -0.4 is 10.2 Å². The minimum absolute atomic E-state index is 0.111. The van der Waals surface area contributed by atoms with Crippen molar-refractivity contribution in [2.24, 2.45) is 0 Å². The normalized spacial score (nSPS) is 14.2. The SMILES string of the molecule is CCOC(=O)CSc1ccc(C(=O)N2CCN(c3ccc(C(F)(F)F)cc3)CC2)cc1NC. The fraction of sp³-hybridized carbons (Fsp3) is 0.391. The Morgan fingerprint density at radius 3 is 2.30 bits per heavy atom. The van der Waals surface area contributed by atoms with E-state index >= 15 is 0 Å². The maximum absolute atomic E-state index is 13.0. The Labute approximate surface area is 195 Å². The molecule has 0 aliphatic carbocycles. The van der Waals surface area contributed by atoms with Crippen LogP contribution in [0.4, 0.5) is 24.5 Å². The molecule has 2 aromatic rings. The second-order valence-electron chi connectivity index (χ2n) is 7.38. The summed E-state index contributed by atoms with van der Waals surface area (Å²) in [6.07, 6.45) is -4.36. The first-order valence-electron chi connectivity index (χ1n) is 10.5. The summed E-state index contributed by atoms with van der Waals surface area (Å²) in [6.45, 7) is 4.08. The number of anilines is 2. The van der Waals surface area contributed by atoms with Gasteiger partial charge in [-0.2, -0.15) is 13.2 Å². The summed E-state index contributed by atoms with van der Waals surface area (Å²) in [5, 5.41) is 3.06. The van der Waals surface area contributed by atoms with E-state index in [1.54, 1.807) is 37.1 Å². The third-order valence-electron chi connectivity index (χ3n) is 5.27. The van der Waals surface area contributed by atoms with Crippen LogP contribution in [0.25, 0.3) is 0 Å². The zero-order chi connectivity index (χ0) is 24.0. The Morgan fingerprint density at radius 2 is 1.73 bits per heavy atom. The number of hydrogen-bond acceptors (Lipinski definition) is 6. The molecule has 178 valence electrons. The highest BCUT2D eigenvalue weighted by Gasteiger charge is 2.30. The van der Waals surface area contributed by atoms with Gasteiger partial charge in [-0.1, -0.05) is 0 Å². The number of halogens is 3. The minimum atomic E-state index is -4.36. The Bertz CT molecular complexity index is 975. The van der Waals surface area contributed by atoms with Crippen molar-refractivity contribution in [1.82, 2.24) is 4.90 Å². The zero-order valence-corrected chi connectivity index (χ0v) is 19.3. The van der Waals surface area contributed by atoms with Gasteiger partial charge in [0.05, 0.1) is 17.9 Å². The number of ether oxygens (including phenoxy) is 1. The molecule has 1 heterocycles. The second-order valence-corrected chi connectivity index (χ2v) is 8.40. The molecule has 0 radical (unpaired) electrons. The quantitative estimate of drug-likeness (QED) is 0.468. The van der Waals surface area contributed by atoms with Crippen molar-refractivity contribution < 1.29 is 27.5 Å². The highest BCUT2D eigenvalue weighted by Crippen LogP contribution is 2.31. The molecule has 0 unspecified atom stereocenters. The molecular weight excluding hydrogens is 455 g/mol. The molecular formula is C23H26F3N3O3S. The van der Waals surface area contributed by atoms with Crippen LogP contribution in [0, 0.1) is 0 Å². The van der Waals surface area contributed by atoms with Gasteiger partial charge >= 0.3 is 12.1 Å². The molecule has 1 fully saturated rings. The van der Waals surface area contributed by atoms with E-state index in [2.05, 4.69) is 5.32 Å². The Morgan fingerprint density at radius 1 is 1.06 bits per heavy atom. The predicted octanol–water partition coefficient (Wildman–Crippen LogP) is 4.36. The minimum Gasteiger partial charge on any atom is -0.465 e. The zero-order valence-electron chi connectivity index (χ0n) is 18.4. The number of thioether (sulfide) groups is 1. The summed E-state index contributed by atoms with van der Waals surface area (Å²) in [4.78, 5) is 29.2. The van der Waals surface area contributed by atoms with Crippen molar-refractivity contribution in [1.29, 1.82) is 0 Å². The monoisotopic (exact) mass is 481 g/mol. The summed E-state index contributed by atoms with van der Waals surface area (Å²) in [5.74, 6) is -0.224. The number of carbonyl (C=O) groups excluding carboxylic acids is 2. The van der Waals surface area contributed by atoms with Crippen molar-refractivity contribution in [3.8, 4) is 0 Å². The van der Waals surface area contributed by atoms with Gasteiger partial charge in [0, 0.05) is 55.1 Å². The van der Waals surface area contributed by atoms with E-state index in [4.69, 9.17) is 4.74 Å². The van der Waals surface area contributed by atoms with Gasteiger partial charge < -0.3 is 19.9 Å². The van der Waals surface area contributed by atoms with Gasteiger partial charge in [-0.15, -0.1) is 11.8 Å². The van der Waals surface area contributed by atoms with Gasteiger partial charge in [-0.3, -0.25) is 9.59 Å². The van der Waals surface area contributed by atoms with Gasteiger partial charge in [-0.25, -0.2) is 0 Å². The molecule has 0 spiro atoms. The molecule has 1 N–H and O–H groups in total. The molecule has 1 aliphatic heterocycles. The first-order valence-corrected chi connectivity index (χ1v) is 11.5. The highest BCUT2D eigenvalue weighted by atomic mass is 32.2. The number of nitrogens with one attached hydrogen (secondary N) is 1. The topological polar surface area (TPSA) is 61.9 Å². The van der Waals surface area contributed by atoms with E-state index in [1.807, 2.05) is 4.90 Å². The number of rotatable bonds is 7. The van der Waals surface area contributed by atoms with Crippen molar-refractivity contribution in [3.05, 3.63) is 53.6 Å². The lowest BCUT2D eigenvalue weighted by molar-refractivity contribution is -0.140. The van der Waals surface area contributed by atoms with Crippen LogP contribution in [-0.4, -0.2) is 62.4 Å². The van der Waals surface area contributed by atoms with Gasteiger partial charge in [0.15, 0.2) is 0 Å². The van der Waals surface area contributed by atoms with Gasteiger partial charge in [0.25, 0.3) is 5.91 Å². The number of nitrogens with zero attached hydrogens (tertiary/aromatic N) is 2. The van der Waals surface area contributed by atoms with Gasteiger partial charge in [-0.05, 0) is 49.4 Å². The number of esters is 1. The molecule has 1 saturated heterocycles. The number of hydrogen-bond donors (Lipinski definition) is 1. The van der Waals surface area contributed by atoms with E-state index in [1.165, 1.54) is 23.9 Å². The van der Waals surface area contributed by atoms with Crippen LogP contribution in [0.15, 0.2) is 47.4 Å². The van der Waals surface area contributed by atoms with Crippen molar-refractivity contribution in [2.75, 3.05) is 55.8 Å². The third kappa shape index (κ3) is 6.34. The first kappa shape index (κ1) is 24.8. The lowest BCUT2D eigenvalue weighted by Gasteiger charge is -2.36. The van der Waals surface area contributed by atoms with Gasteiger partial charge in [0.1, 0.15) is 0 Å². The fourth-order valence-corrected chi connectivity index (χ4v) is 4.37. The maximum Gasteiger partial charge on any atom is 0.416 e. The van der Waals surface area contributed by atoms with Crippen LogP contribution >= 0.6 is 11.8 Å². The predicted molar refractivity (Wildman–Crippen MR) is 123 cm³/mol. The number of benzene rings is 2. The summed E-state index contributed by atoms with van der Waals surface area (Å²) in [6, 6.07) is 10.4. The summed E-state index contributed by atoms with van der Waals surface area (Å²) < 4.78 is 43.2. The molecule has 33 heavy (non-hydrogen) atoms. The molecule has 0 atom stereocenters. The number of carbonyl (C=O) groups is 2. The fourth-order valence-electron chi connectivity index (χ4n) is 3.54. The first-order chi connectivity index (χ1) is 15.7. The molecule has 2 aromatic carbocycles. The van der Waals surface area contributed by atoms with Crippen LogP contribution in [0.5, 0.6) is 0 Å². The molecule has 3 rings (SSSR count). The summed E-state index contributed by atoms with van der Waals surface area (Å²) >= 11 is 1.34. The third-order valence-corrected chi connectivity index (χ3v) is 6.32. The number of alkyl halides is 3. The van der Waals surface area contributed by atoms with Crippen LogP contribution in [0.3, 0.4) is 0 Å². The second kappa shape index (κ2) is 10.8. The van der Waals surface area contributed by atoms with Crippen LogP contribution in [-0.2, 0) is 15.7 Å². The highest BCUT2D eigenvalue weighted by molar-refractivity contribution is 8.00. The van der Waals surface area contributed by atoms with Crippen LogP contribution in [0.1, 0.15) is 22.8 Å². The maximum atomic E-state index is 13.0. The van der Waals surface area contributed by atoms with E-state index in [0.29, 0.717) is 44.0 Å². The average molecular weight is 482 g/mol. The summed E-state index contributed by atoms with van der Waals surface area (Å²) in [7, 11) is 1.75. The largest absolute Gasteiger partial charge is 0.465 e. The Hall–Kier alpha value is -2.88. The molecule has 1 aliphatic rings. The lowest BCUT2D eigenvalue weighted by Crippen LogP contribution is -2.48. The van der Waals surface area contributed by atoms with E-state index in [0.717, 1.165) is 22.7 Å². The van der Waals surface area contributed by atoms with Crippen molar-refractivity contribution in [2.45, 2.75) is 18.0 Å². The molecule has 10 heteroatoms. The molecule has 0 bridgehead atoms. The van der Waals surface area contributed by atoms with Crippen LogP contribution in [0.2, 0.25) is 0 Å².